The summed E-state index contributed by atoms with van der Waals surface area (Å²) >= 11 is 1.53. The van der Waals surface area contributed by atoms with E-state index in [0.29, 0.717) is 6.04 Å². The van der Waals surface area contributed by atoms with Gasteiger partial charge in [0.15, 0.2) is 0 Å². The highest BCUT2D eigenvalue weighted by Crippen LogP contribution is 2.22. The minimum atomic E-state index is 0.0528. The standard InChI is InChI=1S/C17H21N3OS/c1-12-16(17(21)20-14-4-2-3-5-14)22-15(19-12)7-6-13-8-10-18-11-9-13/h8-11,14H,2-7H2,1H3,(H,20,21). The quantitative estimate of drug-likeness (QED) is 0.921. The molecule has 2 aromatic heterocycles. The largest absolute Gasteiger partial charge is 0.349 e. The summed E-state index contributed by atoms with van der Waals surface area (Å²) in [6, 6.07) is 4.40. The number of aromatic nitrogens is 2. The molecule has 0 unspecified atom stereocenters. The Morgan fingerprint density at radius 2 is 2.00 bits per heavy atom. The zero-order chi connectivity index (χ0) is 15.4. The average Bonchev–Trinajstić information content (AvgIpc) is 3.16. The molecule has 22 heavy (non-hydrogen) atoms. The average molecular weight is 315 g/mol. The Morgan fingerprint density at radius 3 is 2.73 bits per heavy atom. The van der Waals surface area contributed by atoms with Crippen LogP contribution in [0.25, 0.3) is 0 Å². The number of hydrogen-bond acceptors (Lipinski definition) is 4. The molecule has 0 aliphatic heterocycles. The van der Waals surface area contributed by atoms with Gasteiger partial charge < -0.3 is 5.32 Å². The van der Waals surface area contributed by atoms with Crippen molar-refractivity contribution in [2.45, 2.75) is 51.5 Å². The molecule has 1 aliphatic carbocycles. The second-order valence-electron chi connectivity index (χ2n) is 5.83. The number of carbonyl (C=O) groups excluding carboxylic acids is 1. The van der Waals surface area contributed by atoms with E-state index in [-0.39, 0.29) is 5.91 Å². The zero-order valence-corrected chi connectivity index (χ0v) is 13.7. The first-order valence-electron chi connectivity index (χ1n) is 7.88. The van der Waals surface area contributed by atoms with Gasteiger partial charge >= 0.3 is 0 Å². The van der Waals surface area contributed by atoms with Gasteiger partial charge in [-0.1, -0.05) is 12.8 Å². The second-order valence-corrected chi connectivity index (χ2v) is 6.92. The van der Waals surface area contributed by atoms with E-state index in [1.165, 1.54) is 29.7 Å². The molecule has 2 heterocycles. The van der Waals surface area contributed by atoms with Gasteiger partial charge in [-0.15, -0.1) is 11.3 Å². The van der Waals surface area contributed by atoms with Gasteiger partial charge in [-0.3, -0.25) is 9.78 Å². The molecule has 0 saturated heterocycles. The van der Waals surface area contributed by atoms with E-state index in [1.807, 2.05) is 31.5 Å². The number of rotatable bonds is 5. The summed E-state index contributed by atoms with van der Waals surface area (Å²) in [7, 11) is 0. The van der Waals surface area contributed by atoms with Crippen molar-refractivity contribution in [2.24, 2.45) is 0 Å². The lowest BCUT2D eigenvalue weighted by Crippen LogP contribution is -2.32. The molecule has 0 atom stereocenters. The van der Waals surface area contributed by atoms with E-state index in [2.05, 4.69) is 15.3 Å². The third kappa shape index (κ3) is 3.71. The van der Waals surface area contributed by atoms with Crippen LogP contribution < -0.4 is 5.32 Å². The Bertz CT molecular complexity index is 633. The molecule has 1 amide bonds. The van der Waals surface area contributed by atoms with E-state index in [1.54, 1.807) is 0 Å². The van der Waals surface area contributed by atoms with E-state index < -0.39 is 0 Å². The van der Waals surface area contributed by atoms with Gasteiger partial charge in [0.25, 0.3) is 5.91 Å². The topological polar surface area (TPSA) is 54.9 Å². The number of hydrogen-bond donors (Lipinski definition) is 1. The SMILES string of the molecule is Cc1nc(CCc2ccncc2)sc1C(=O)NC1CCCC1. The van der Waals surface area contributed by atoms with Gasteiger partial charge in [0, 0.05) is 24.9 Å². The maximum Gasteiger partial charge on any atom is 0.263 e. The molecular formula is C17H21N3OS. The van der Waals surface area contributed by atoms with Gasteiger partial charge in [0.1, 0.15) is 4.88 Å². The number of aryl methyl sites for hydroxylation is 3. The molecule has 3 rings (SSSR count). The highest BCUT2D eigenvalue weighted by molar-refractivity contribution is 7.13. The first-order valence-corrected chi connectivity index (χ1v) is 8.70. The van der Waals surface area contributed by atoms with Crippen molar-refractivity contribution >= 4 is 17.2 Å². The van der Waals surface area contributed by atoms with E-state index >= 15 is 0 Å². The Balaban J connectivity index is 1.61. The predicted octanol–water partition coefficient (Wildman–Crippen LogP) is 3.30. The number of carbonyl (C=O) groups is 1. The van der Waals surface area contributed by atoms with Crippen LogP contribution in [0, 0.1) is 6.92 Å². The van der Waals surface area contributed by atoms with E-state index in [0.717, 1.165) is 41.3 Å². The minimum Gasteiger partial charge on any atom is -0.349 e. The molecule has 4 nitrogen and oxygen atoms in total. The summed E-state index contributed by atoms with van der Waals surface area (Å²) < 4.78 is 0. The van der Waals surface area contributed by atoms with Crippen LogP contribution in [-0.4, -0.2) is 21.9 Å². The van der Waals surface area contributed by atoms with Gasteiger partial charge in [-0.05, 0) is 43.9 Å². The van der Waals surface area contributed by atoms with Crippen molar-refractivity contribution in [2.75, 3.05) is 0 Å². The Morgan fingerprint density at radius 1 is 1.27 bits per heavy atom. The molecule has 1 aliphatic rings. The lowest BCUT2D eigenvalue weighted by Gasteiger charge is -2.10. The van der Waals surface area contributed by atoms with Crippen molar-refractivity contribution in [3.63, 3.8) is 0 Å². The normalized spacial score (nSPS) is 15.1. The zero-order valence-electron chi connectivity index (χ0n) is 12.8. The lowest BCUT2D eigenvalue weighted by atomic mass is 10.1. The van der Waals surface area contributed by atoms with Crippen LogP contribution in [0.1, 0.15) is 51.6 Å². The molecule has 1 N–H and O–H groups in total. The van der Waals surface area contributed by atoms with Crippen LogP contribution in [0.2, 0.25) is 0 Å². The molecule has 1 fully saturated rings. The molecular weight excluding hydrogens is 294 g/mol. The van der Waals surface area contributed by atoms with Crippen molar-refractivity contribution in [3.8, 4) is 0 Å². The summed E-state index contributed by atoms with van der Waals surface area (Å²) in [4.78, 5) is 21.7. The molecule has 116 valence electrons. The monoisotopic (exact) mass is 315 g/mol. The first kappa shape index (κ1) is 15.2. The number of nitrogens with one attached hydrogen (secondary N) is 1. The van der Waals surface area contributed by atoms with E-state index in [9.17, 15) is 4.79 Å². The number of amides is 1. The Hall–Kier alpha value is -1.75. The molecule has 0 radical (unpaired) electrons. The lowest BCUT2D eigenvalue weighted by molar-refractivity contribution is 0.0941. The van der Waals surface area contributed by atoms with Crippen molar-refractivity contribution < 1.29 is 4.79 Å². The smallest absolute Gasteiger partial charge is 0.263 e. The van der Waals surface area contributed by atoms with Crippen molar-refractivity contribution in [3.05, 3.63) is 45.7 Å². The summed E-state index contributed by atoms with van der Waals surface area (Å²) in [6.45, 7) is 1.93. The third-order valence-electron chi connectivity index (χ3n) is 4.11. The van der Waals surface area contributed by atoms with Crippen LogP contribution in [-0.2, 0) is 12.8 Å². The van der Waals surface area contributed by atoms with Crippen LogP contribution in [0.4, 0.5) is 0 Å². The van der Waals surface area contributed by atoms with Gasteiger partial charge in [0.2, 0.25) is 0 Å². The molecule has 0 aromatic carbocycles. The summed E-state index contributed by atoms with van der Waals surface area (Å²) in [5.41, 5.74) is 2.10. The maximum atomic E-state index is 12.4. The summed E-state index contributed by atoms with van der Waals surface area (Å²) in [5.74, 6) is 0.0528. The molecule has 1 saturated carbocycles. The Kier molecular flexibility index (Phi) is 4.83. The minimum absolute atomic E-state index is 0.0528. The van der Waals surface area contributed by atoms with Crippen LogP contribution in [0.3, 0.4) is 0 Å². The fourth-order valence-corrected chi connectivity index (χ4v) is 3.86. The van der Waals surface area contributed by atoms with Crippen LogP contribution in [0.15, 0.2) is 24.5 Å². The molecule has 0 bridgehead atoms. The van der Waals surface area contributed by atoms with Gasteiger partial charge in [0.05, 0.1) is 10.7 Å². The fraction of sp³-hybridized carbons (Fsp3) is 0.471. The molecule has 5 heteroatoms. The van der Waals surface area contributed by atoms with Gasteiger partial charge in [-0.25, -0.2) is 4.98 Å². The predicted molar refractivity (Wildman–Crippen MR) is 88.2 cm³/mol. The number of nitrogens with zero attached hydrogens (tertiary/aromatic N) is 2. The van der Waals surface area contributed by atoms with Gasteiger partial charge in [-0.2, -0.15) is 0 Å². The molecule has 2 aromatic rings. The molecule has 0 spiro atoms. The van der Waals surface area contributed by atoms with Crippen LogP contribution in [0.5, 0.6) is 0 Å². The Labute approximate surface area is 135 Å². The highest BCUT2D eigenvalue weighted by Gasteiger charge is 2.21. The van der Waals surface area contributed by atoms with Crippen LogP contribution >= 0.6 is 11.3 Å². The number of thiazole rings is 1. The second kappa shape index (κ2) is 7.01. The van der Waals surface area contributed by atoms with Crippen molar-refractivity contribution in [1.82, 2.24) is 15.3 Å². The number of pyridine rings is 1. The highest BCUT2D eigenvalue weighted by atomic mass is 32.1. The fourth-order valence-electron chi connectivity index (χ4n) is 2.89. The summed E-state index contributed by atoms with van der Waals surface area (Å²) in [5, 5.41) is 4.18. The van der Waals surface area contributed by atoms with Crippen molar-refractivity contribution in [1.29, 1.82) is 0 Å². The summed E-state index contributed by atoms with van der Waals surface area (Å²) in [6.07, 6.45) is 10.1. The first-order chi connectivity index (χ1) is 10.7. The van der Waals surface area contributed by atoms with E-state index in [4.69, 9.17) is 0 Å². The maximum absolute atomic E-state index is 12.4. The third-order valence-corrected chi connectivity index (χ3v) is 5.33.